The van der Waals surface area contributed by atoms with E-state index in [4.69, 9.17) is 4.74 Å². The van der Waals surface area contributed by atoms with Crippen molar-refractivity contribution in [2.45, 2.75) is 24.9 Å². The molecular weight excluding hydrogens is 214 g/mol. The fourth-order valence-electron chi connectivity index (χ4n) is 2.45. The minimum absolute atomic E-state index is 0.414. The zero-order chi connectivity index (χ0) is 11.7. The van der Waals surface area contributed by atoms with Crippen molar-refractivity contribution in [1.29, 1.82) is 0 Å². The molecule has 1 aliphatic heterocycles. The Kier molecular flexibility index (Phi) is 2.81. The monoisotopic (exact) mass is 233 g/mol. The van der Waals surface area contributed by atoms with Crippen molar-refractivity contribution in [3.63, 3.8) is 0 Å². The largest absolute Gasteiger partial charge is 0.390 e. The standard InChI is InChI=1S/C14H19NO2/c16-14(5-6-14)11-12-3-1-2-4-13(12)15-7-9-17-10-8-15/h1-4,16H,5-11H2. The van der Waals surface area contributed by atoms with E-state index in [1.165, 1.54) is 11.3 Å². The smallest absolute Gasteiger partial charge is 0.0690 e. The van der Waals surface area contributed by atoms with Gasteiger partial charge < -0.3 is 14.7 Å². The number of morpholine rings is 1. The molecule has 17 heavy (non-hydrogen) atoms. The van der Waals surface area contributed by atoms with Crippen molar-refractivity contribution in [3.8, 4) is 0 Å². The van der Waals surface area contributed by atoms with E-state index in [1.807, 2.05) is 0 Å². The zero-order valence-electron chi connectivity index (χ0n) is 10.1. The lowest BCUT2D eigenvalue weighted by Crippen LogP contribution is -2.37. The Morgan fingerprint density at radius 1 is 1.18 bits per heavy atom. The van der Waals surface area contributed by atoms with Gasteiger partial charge in [-0.2, -0.15) is 0 Å². The van der Waals surface area contributed by atoms with E-state index in [1.54, 1.807) is 0 Å². The van der Waals surface area contributed by atoms with Crippen LogP contribution >= 0.6 is 0 Å². The maximum Gasteiger partial charge on any atom is 0.0690 e. The summed E-state index contributed by atoms with van der Waals surface area (Å²) < 4.78 is 5.38. The number of rotatable bonds is 3. The second-order valence-electron chi connectivity index (χ2n) is 5.13. The first-order valence-electron chi connectivity index (χ1n) is 6.40. The van der Waals surface area contributed by atoms with Crippen LogP contribution in [0.5, 0.6) is 0 Å². The van der Waals surface area contributed by atoms with Crippen molar-refractivity contribution in [2.75, 3.05) is 31.2 Å². The van der Waals surface area contributed by atoms with Crippen LogP contribution in [-0.2, 0) is 11.2 Å². The lowest BCUT2D eigenvalue weighted by atomic mass is 10.0. The van der Waals surface area contributed by atoms with E-state index in [0.29, 0.717) is 0 Å². The summed E-state index contributed by atoms with van der Waals surface area (Å²) >= 11 is 0. The van der Waals surface area contributed by atoms with Crippen molar-refractivity contribution in [3.05, 3.63) is 29.8 Å². The third kappa shape index (κ3) is 2.45. The first-order valence-corrected chi connectivity index (χ1v) is 6.40. The molecule has 92 valence electrons. The van der Waals surface area contributed by atoms with Gasteiger partial charge in [0, 0.05) is 25.2 Å². The average Bonchev–Trinajstić information content (AvgIpc) is 3.09. The highest BCUT2D eigenvalue weighted by molar-refractivity contribution is 5.54. The molecule has 3 heteroatoms. The summed E-state index contributed by atoms with van der Waals surface area (Å²) in [5.74, 6) is 0. The van der Waals surface area contributed by atoms with Gasteiger partial charge in [0.15, 0.2) is 0 Å². The first-order chi connectivity index (χ1) is 8.27. The van der Waals surface area contributed by atoms with E-state index < -0.39 is 5.60 Å². The molecule has 1 N–H and O–H groups in total. The van der Waals surface area contributed by atoms with Gasteiger partial charge in [0.1, 0.15) is 0 Å². The average molecular weight is 233 g/mol. The van der Waals surface area contributed by atoms with Crippen LogP contribution in [0.2, 0.25) is 0 Å². The molecule has 0 radical (unpaired) electrons. The molecule has 1 heterocycles. The fraction of sp³-hybridized carbons (Fsp3) is 0.571. The van der Waals surface area contributed by atoms with Crippen LogP contribution in [0, 0.1) is 0 Å². The van der Waals surface area contributed by atoms with E-state index in [2.05, 4.69) is 29.2 Å². The summed E-state index contributed by atoms with van der Waals surface area (Å²) in [6.45, 7) is 3.52. The Hall–Kier alpha value is -1.06. The molecule has 0 bridgehead atoms. The molecular formula is C14H19NO2. The zero-order valence-corrected chi connectivity index (χ0v) is 10.1. The molecule has 1 aromatic carbocycles. The number of benzene rings is 1. The highest BCUT2D eigenvalue weighted by Crippen LogP contribution is 2.40. The molecule has 0 spiro atoms. The predicted octanol–water partition coefficient (Wildman–Crippen LogP) is 1.59. The molecule has 0 aromatic heterocycles. The molecule has 1 saturated carbocycles. The summed E-state index contributed by atoms with van der Waals surface area (Å²) in [5.41, 5.74) is 2.13. The van der Waals surface area contributed by atoms with Gasteiger partial charge in [-0.1, -0.05) is 18.2 Å². The molecule has 3 rings (SSSR count). The number of ether oxygens (including phenoxy) is 1. The van der Waals surface area contributed by atoms with Crippen LogP contribution < -0.4 is 4.90 Å². The molecule has 1 saturated heterocycles. The van der Waals surface area contributed by atoms with Crippen LogP contribution in [0.25, 0.3) is 0 Å². The molecule has 3 nitrogen and oxygen atoms in total. The third-order valence-corrected chi connectivity index (χ3v) is 3.69. The summed E-state index contributed by atoms with van der Waals surface area (Å²) in [6, 6.07) is 8.43. The van der Waals surface area contributed by atoms with Crippen molar-refractivity contribution in [1.82, 2.24) is 0 Å². The maximum absolute atomic E-state index is 10.1. The van der Waals surface area contributed by atoms with Crippen molar-refractivity contribution < 1.29 is 9.84 Å². The number of nitrogens with zero attached hydrogens (tertiary/aromatic N) is 1. The van der Waals surface area contributed by atoms with Crippen LogP contribution in [0.4, 0.5) is 5.69 Å². The van der Waals surface area contributed by atoms with Gasteiger partial charge in [-0.25, -0.2) is 0 Å². The minimum atomic E-state index is -0.414. The van der Waals surface area contributed by atoms with Crippen LogP contribution in [0.15, 0.2) is 24.3 Å². The summed E-state index contributed by atoms with van der Waals surface area (Å²) in [5, 5.41) is 10.1. The molecule has 0 unspecified atom stereocenters. The third-order valence-electron chi connectivity index (χ3n) is 3.69. The van der Waals surface area contributed by atoms with Gasteiger partial charge in [0.25, 0.3) is 0 Å². The summed E-state index contributed by atoms with van der Waals surface area (Å²) in [4.78, 5) is 2.37. The molecule has 1 aliphatic carbocycles. The highest BCUT2D eigenvalue weighted by atomic mass is 16.5. The lowest BCUT2D eigenvalue weighted by Gasteiger charge is -2.31. The lowest BCUT2D eigenvalue weighted by molar-refractivity contribution is 0.122. The van der Waals surface area contributed by atoms with Gasteiger partial charge in [-0.05, 0) is 24.5 Å². The minimum Gasteiger partial charge on any atom is -0.390 e. The second-order valence-corrected chi connectivity index (χ2v) is 5.13. The van der Waals surface area contributed by atoms with Crippen molar-refractivity contribution in [2.24, 2.45) is 0 Å². The van der Waals surface area contributed by atoms with E-state index in [9.17, 15) is 5.11 Å². The number of para-hydroxylation sites is 1. The predicted molar refractivity (Wildman–Crippen MR) is 67.4 cm³/mol. The number of hydrogen-bond donors (Lipinski definition) is 1. The number of aliphatic hydroxyl groups is 1. The molecule has 0 atom stereocenters. The van der Waals surface area contributed by atoms with E-state index in [0.717, 1.165) is 45.6 Å². The topological polar surface area (TPSA) is 32.7 Å². The van der Waals surface area contributed by atoms with Crippen molar-refractivity contribution >= 4 is 5.69 Å². The Labute approximate surface area is 102 Å². The molecule has 2 fully saturated rings. The summed E-state index contributed by atoms with van der Waals surface area (Å²) in [7, 11) is 0. The quantitative estimate of drug-likeness (QED) is 0.860. The molecule has 2 aliphatic rings. The number of anilines is 1. The van der Waals surface area contributed by atoms with E-state index >= 15 is 0 Å². The maximum atomic E-state index is 10.1. The van der Waals surface area contributed by atoms with Gasteiger partial charge >= 0.3 is 0 Å². The second kappa shape index (κ2) is 4.31. The first kappa shape index (κ1) is 11.1. The Balaban J connectivity index is 1.81. The van der Waals surface area contributed by atoms with Gasteiger partial charge in [0.2, 0.25) is 0 Å². The molecule has 1 aromatic rings. The van der Waals surface area contributed by atoms with Gasteiger partial charge in [0.05, 0.1) is 18.8 Å². The molecule has 0 amide bonds. The van der Waals surface area contributed by atoms with Crippen LogP contribution in [0.3, 0.4) is 0 Å². The van der Waals surface area contributed by atoms with Crippen LogP contribution in [0.1, 0.15) is 18.4 Å². The fourth-order valence-corrected chi connectivity index (χ4v) is 2.45. The Morgan fingerprint density at radius 2 is 1.88 bits per heavy atom. The Bertz CT molecular complexity index is 395. The number of hydrogen-bond acceptors (Lipinski definition) is 3. The van der Waals surface area contributed by atoms with Gasteiger partial charge in [-0.15, -0.1) is 0 Å². The van der Waals surface area contributed by atoms with Gasteiger partial charge in [-0.3, -0.25) is 0 Å². The normalized spacial score (nSPS) is 22.5. The van der Waals surface area contributed by atoms with Crippen LogP contribution in [-0.4, -0.2) is 37.0 Å². The van der Waals surface area contributed by atoms with E-state index in [-0.39, 0.29) is 0 Å². The SMILES string of the molecule is OC1(Cc2ccccc2N2CCOCC2)CC1. The summed E-state index contributed by atoms with van der Waals surface area (Å²) in [6.07, 6.45) is 2.69. The highest BCUT2D eigenvalue weighted by Gasteiger charge is 2.40. The Morgan fingerprint density at radius 3 is 2.59 bits per heavy atom.